The van der Waals surface area contributed by atoms with E-state index in [1.54, 1.807) is 0 Å². The first-order valence-electron chi connectivity index (χ1n) is 6.46. The van der Waals surface area contributed by atoms with Crippen LogP contribution < -0.4 is 5.32 Å². The number of hydrogen-bond acceptors (Lipinski definition) is 3. The van der Waals surface area contributed by atoms with Gasteiger partial charge in [-0.2, -0.15) is 0 Å². The van der Waals surface area contributed by atoms with Gasteiger partial charge < -0.3 is 10.2 Å². The standard InChI is InChI=1S/C14H21N3O/c1-16(11-13-5-3-2-4-6-13)12-14(18)17-9-7-15-8-10-17/h2-6,15H,7-12H2,1H3. The molecule has 1 fully saturated rings. The predicted octanol–water partition coefficient (Wildman–Crippen LogP) is 0.550. The fourth-order valence-electron chi connectivity index (χ4n) is 2.20. The summed E-state index contributed by atoms with van der Waals surface area (Å²) in [6, 6.07) is 10.2. The zero-order valence-electron chi connectivity index (χ0n) is 10.9. The molecule has 1 heterocycles. The molecule has 0 bridgehead atoms. The Labute approximate surface area is 109 Å². The van der Waals surface area contributed by atoms with Crippen molar-refractivity contribution >= 4 is 5.91 Å². The van der Waals surface area contributed by atoms with Crippen molar-refractivity contribution in [3.05, 3.63) is 35.9 Å². The third kappa shape index (κ3) is 3.82. The van der Waals surface area contributed by atoms with Gasteiger partial charge in [0, 0.05) is 32.7 Å². The second-order valence-corrected chi connectivity index (χ2v) is 4.79. The lowest BCUT2D eigenvalue weighted by atomic mass is 10.2. The van der Waals surface area contributed by atoms with Crippen molar-refractivity contribution in [2.24, 2.45) is 0 Å². The van der Waals surface area contributed by atoms with Crippen molar-refractivity contribution in [1.29, 1.82) is 0 Å². The highest BCUT2D eigenvalue weighted by atomic mass is 16.2. The van der Waals surface area contributed by atoms with Crippen LogP contribution in [0.4, 0.5) is 0 Å². The van der Waals surface area contributed by atoms with Gasteiger partial charge in [-0.15, -0.1) is 0 Å². The highest BCUT2D eigenvalue weighted by Crippen LogP contribution is 2.03. The number of carbonyl (C=O) groups is 1. The molecule has 1 saturated heterocycles. The summed E-state index contributed by atoms with van der Waals surface area (Å²) in [5, 5.41) is 3.26. The maximum Gasteiger partial charge on any atom is 0.236 e. The maximum atomic E-state index is 12.1. The Morgan fingerprint density at radius 3 is 2.61 bits per heavy atom. The number of amides is 1. The lowest BCUT2D eigenvalue weighted by Crippen LogP contribution is -2.49. The van der Waals surface area contributed by atoms with E-state index >= 15 is 0 Å². The Morgan fingerprint density at radius 1 is 1.28 bits per heavy atom. The minimum atomic E-state index is 0.231. The summed E-state index contributed by atoms with van der Waals surface area (Å²) in [6.45, 7) is 4.80. The van der Waals surface area contributed by atoms with Gasteiger partial charge in [0.25, 0.3) is 0 Å². The number of nitrogens with zero attached hydrogens (tertiary/aromatic N) is 2. The van der Waals surface area contributed by atoms with Gasteiger partial charge in [0.15, 0.2) is 0 Å². The lowest BCUT2D eigenvalue weighted by molar-refractivity contribution is -0.132. The molecular formula is C14H21N3O. The minimum absolute atomic E-state index is 0.231. The van der Waals surface area contributed by atoms with Crippen molar-refractivity contribution in [1.82, 2.24) is 15.1 Å². The highest BCUT2D eigenvalue weighted by molar-refractivity contribution is 5.78. The second kappa shape index (κ2) is 6.52. The molecule has 98 valence electrons. The molecule has 0 aliphatic carbocycles. The summed E-state index contributed by atoms with van der Waals surface area (Å²) in [4.78, 5) is 16.1. The first kappa shape index (κ1) is 13.1. The van der Waals surface area contributed by atoms with Crippen LogP contribution in [0, 0.1) is 0 Å². The molecule has 0 atom stereocenters. The van der Waals surface area contributed by atoms with E-state index < -0.39 is 0 Å². The Morgan fingerprint density at radius 2 is 1.94 bits per heavy atom. The van der Waals surface area contributed by atoms with Crippen LogP contribution in [0.2, 0.25) is 0 Å². The summed E-state index contributed by atoms with van der Waals surface area (Å²) in [7, 11) is 1.99. The van der Waals surface area contributed by atoms with Crippen LogP contribution in [0.5, 0.6) is 0 Å². The molecule has 1 aromatic rings. The van der Waals surface area contributed by atoms with Crippen molar-refractivity contribution < 1.29 is 4.79 Å². The van der Waals surface area contributed by atoms with E-state index in [1.165, 1.54) is 5.56 Å². The van der Waals surface area contributed by atoms with E-state index in [4.69, 9.17) is 0 Å². The summed E-state index contributed by atoms with van der Waals surface area (Å²) < 4.78 is 0. The summed E-state index contributed by atoms with van der Waals surface area (Å²) in [5.41, 5.74) is 1.24. The average Bonchev–Trinajstić information content (AvgIpc) is 2.40. The first-order chi connectivity index (χ1) is 8.75. The number of piperazine rings is 1. The predicted molar refractivity (Wildman–Crippen MR) is 72.2 cm³/mol. The van der Waals surface area contributed by atoms with Gasteiger partial charge in [0.2, 0.25) is 5.91 Å². The molecule has 1 amide bonds. The Balaban J connectivity index is 1.79. The van der Waals surface area contributed by atoms with Gasteiger partial charge in [-0.25, -0.2) is 0 Å². The van der Waals surface area contributed by atoms with E-state index in [0.29, 0.717) is 6.54 Å². The molecule has 2 rings (SSSR count). The summed E-state index contributed by atoms with van der Waals surface area (Å²) in [6.07, 6.45) is 0. The second-order valence-electron chi connectivity index (χ2n) is 4.79. The van der Waals surface area contributed by atoms with Crippen LogP contribution in [-0.4, -0.2) is 55.5 Å². The smallest absolute Gasteiger partial charge is 0.236 e. The maximum absolute atomic E-state index is 12.1. The summed E-state index contributed by atoms with van der Waals surface area (Å²) in [5.74, 6) is 0.231. The summed E-state index contributed by atoms with van der Waals surface area (Å²) >= 11 is 0. The van der Waals surface area contributed by atoms with Crippen molar-refractivity contribution in [3.63, 3.8) is 0 Å². The molecule has 1 N–H and O–H groups in total. The van der Waals surface area contributed by atoms with Gasteiger partial charge >= 0.3 is 0 Å². The van der Waals surface area contributed by atoms with Gasteiger partial charge in [-0.3, -0.25) is 9.69 Å². The molecule has 0 unspecified atom stereocenters. The first-order valence-corrected chi connectivity index (χ1v) is 6.46. The third-order valence-electron chi connectivity index (χ3n) is 3.17. The van der Waals surface area contributed by atoms with Gasteiger partial charge in [-0.1, -0.05) is 30.3 Å². The zero-order chi connectivity index (χ0) is 12.8. The number of likely N-dealkylation sites (N-methyl/N-ethyl adjacent to an activating group) is 1. The van der Waals surface area contributed by atoms with Crippen LogP contribution in [0.15, 0.2) is 30.3 Å². The number of rotatable bonds is 4. The van der Waals surface area contributed by atoms with E-state index in [9.17, 15) is 4.79 Å². The topological polar surface area (TPSA) is 35.6 Å². The Hall–Kier alpha value is -1.39. The number of carbonyl (C=O) groups excluding carboxylic acids is 1. The normalized spacial score (nSPS) is 16.0. The highest BCUT2D eigenvalue weighted by Gasteiger charge is 2.17. The monoisotopic (exact) mass is 247 g/mol. The molecule has 0 spiro atoms. The van der Waals surface area contributed by atoms with E-state index in [0.717, 1.165) is 32.7 Å². The molecule has 4 nitrogen and oxygen atoms in total. The average molecular weight is 247 g/mol. The Bertz CT molecular complexity index is 374. The van der Waals surface area contributed by atoms with Gasteiger partial charge in [-0.05, 0) is 12.6 Å². The van der Waals surface area contributed by atoms with Crippen molar-refractivity contribution in [3.8, 4) is 0 Å². The van der Waals surface area contributed by atoms with E-state index in [2.05, 4.69) is 22.3 Å². The van der Waals surface area contributed by atoms with Crippen LogP contribution >= 0.6 is 0 Å². The Kier molecular flexibility index (Phi) is 4.73. The van der Waals surface area contributed by atoms with Crippen LogP contribution in [-0.2, 0) is 11.3 Å². The molecule has 4 heteroatoms. The van der Waals surface area contributed by atoms with E-state index in [1.807, 2.05) is 30.1 Å². The van der Waals surface area contributed by atoms with Crippen LogP contribution in [0.25, 0.3) is 0 Å². The fourth-order valence-corrected chi connectivity index (χ4v) is 2.20. The lowest BCUT2D eigenvalue weighted by Gasteiger charge is -2.29. The third-order valence-corrected chi connectivity index (χ3v) is 3.17. The molecule has 18 heavy (non-hydrogen) atoms. The molecule has 0 saturated carbocycles. The molecule has 1 aliphatic heterocycles. The largest absolute Gasteiger partial charge is 0.339 e. The molecule has 1 aromatic carbocycles. The van der Waals surface area contributed by atoms with Gasteiger partial charge in [0.05, 0.1) is 6.54 Å². The fraction of sp³-hybridized carbons (Fsp3) is 0.500. The molecular weight excluding hydrogens is 226 g/mol. The zero-order valence-corrected chi connectivity index (χ0v) is 10.9. The molecule has 1 aliphatic rings. The molecule has 0 radical (unpaired) electrons. The quantitative estimate of drug-likeness (QED) is 0.844. The number of nitrogens with one attached hydrogen (secondary N) is 1. The minimum Gasteiger partial charge on any atom is -0.339 e. The van der Waals surface area contributed by atoms with Crippen LogP contribution in [0.1, 0.15) is 5.56 Å². The number of hydrogen-bond donors (Lipinski definition) is 1. The van der Waals surface area contributed by atoms with Crippen molar-refractivity contribution in [2.75, 3.05) is 39.8 Å². The molecule has 0 aromatic heterocycles. The van der Waals surface area contributed by atoms with Crippen LogP contribution in [0.3, 0.4) is 0 Å². The van der Waals surface area contributed by atoms with Crippen molar-refractivity contribution in [2.45, 2.75) is 6.54 Å². The van der Waals surface area contributed by atoms with E-state index in [-0.39, 0.29) is 5.91 Å². The number of benzene rings is 1. The SMILES string of the molecule is CN(CC(=O)N1CCNCC1)Cc1ccccc1. The van der Waals surface area contributed by atoms with Gasteiger partial charge in [0.1, 0.15) is 0 Å².